The molecule has 33 heavy (non-hydrogen) atoms. The van der Waals surface area contributed by atoms with E-state index in [1.165, 1.54) is 49.9 Å². The van der Waals surface area contributed by atoms with Crippen molar-refractivity contribution in [2.75, 3.05) is 13.6 Å². The van der Waals surface area contributed by atoms with Gasteiger partial charge in [0.25, 0.3) is 0 Å². The highest BCUT2D eigenvalue weighted by Gasteiger charge is 2.65. The number of H-pyrrole nitrogens is 2. The van der Waals surface area contributed by atoms with Crippen molar-refractivity contribution < 1.29 is 5.11 Å². The van der Waals surface area contributed by atoms with Crippen molar-refractivity contribution in [3.8, 4) is 0 Å². The van der Waals surface area contributed by atoms with Gasteiger partial charge in [-0.05, 0) is 56.1 Å². The van der Waals surface area contributed by atoms with Crippen LogP contribution >= 0.6 is 0 Å². The molecule has 4 aromatic rings. The van der Waals surface area contributed by atoms with Crippen molar-refractivity contribution in [3.63, 3.8) is 0 Å². The molecule has 4 aliphatic rings. The van der Waals surface area contributed by atoms with Gasteiger partial charge in [-0.15, -0.1) is 0 Å². The molecule has 0 spiro atoms. The zero-order chi connectivity index (χ0) is 21.9. The summed E-state index contributed by atoms with van der Waals surface area (Å²) in [4.78, 5) is 9.95. The van der Waals surface area contributed by atoms with Gasteiger partial charge in [-0.3, -0.25) is 0 Å². The van der Waals surface area contributed by atoms with Crippen molar-refractivity contribution in [2.24, 2.45) is 5.41 Å². The number of piperidine rings is 1. The van der Waals surface area contributed by atoms with Crippen LogP contribution in [0.5, 0.6) is 0 Å². The molecule has 4 heteroatoms. The van der Waals surface area contributed by atoms with E-state index in [2.05, 4.69) is 70.4 Å². The third-order valence-corrected chi connectivity index (χ3v) is 9.72. The maximum absolute atomic E-state index is 12.7. The van der Waals surface area contributed by atoms with Crippen LogP contribution < -0.4 is 0 Å². The molecule has 3 N–H and O–H groups in total. The number of hydrogen-bond donors (Lipinski definition) is 3. The SMILES string of the molecule is CN1CC[C@]23Cc4[nH]c5ccccc5c4C[C@@]2(O)[C@H]1CC1=C3Cc2[nH]c3ccccc3c2C1. The van der Waals surface area contributed by atoms with Crippen LogP contribution in [0.2, 0.25) is 0 Å². The Hall–Kier alpha value is -2.82. The molecule has 1 saturated heterocycles. The van der Waals surface area contributed by atoms with Gasteiger partial charge in [0.1, 0.15) is 0 Å². The number of benzene rings is 2. The van der Waals surface area contributed by atoms with Gasteiger partial charge in [-0.2, -0.15) is 0 Å². The van der Waals surface area contributed by atoms with Crippen LogP contribution in [-0.2, 0) is 25.7 Å². The summed E-state index contributed by atoms with van der Waals surface area (Å²) in [5, 5.41) is 15.3. The number of aromatic amines is 2. The normalized spacial score (nSPS) is 30.8. The molecule has 0 amide bonds. The fourth-order valence-electron chi connectivity index (χ4n) is 8.14. The fraction of sp³-hybridized carbons (Fsp3) is 0.379. The molecule has 0 unspecified atom stereocenters. The molecule has 0 saturated carbocycles. The van der Waals surface area contributed by atoms with Gasteiger partial charge < -0.3 is 20.0 Å². The molecule has 4 nitrogen and oxygen atoms in total. The highest BCUT2D eigenvalue weighted by Crippen LogP contribution is 2.61. The molecule has 0 radical (unpaired) electrons. The molecular weight excluding hydrogens is 406 g/mol. The van der Waals surface area contributed by atoms with Gasteiger partial charge in [0, 0.05) is 63.9 Å². The van der Waals surface area contributed by atoms with Gasteiger partial charge in [-0.25, -0.2) is 0 Å². The summed E-state index contributed by atoms with van der Waals surface area (Å²) in [5.41, 5.74) is 10.2. The zero-order valence-corrected chi connectivity index (χ0v) is 19.0. The summed E-state index contributed by atoms with van der Waals surface area (Å²) in [5.74, 6) is 0. The minimum Gasteiger partial charge on any atom is -0.387 e. The lowest BCUT2D eigenvalue weighted by Crippen LogP contribution is -2.71. The number of aliphatic hydroxyl groups is 1. The second-order valence-electron chi connectivity index (χ2n) is 11.0. The van der Waals surface area contributed by atoms with Gasteiger partial charge in [0.15, 0.2) is 0 Å². The van der Waals surface area contributed by atoms with Crippen molar-refractivity contribution in [1.82, 2.24) is 14.9 Å². The van der Waals surface area contributed by atoms with Crippen molar-refractivity contribution in [1.29, 1.82) is 0 Å². The molecule has 1 fully saturated rings. The Morgan fingerprint density at radius 3 is 2.36 bits per heavy atom. The quantitative estimate of drug-likeness (QED) is 0.352. The van der Waals surface area contributed by atoms with E-state index in [0.717, 1.165) is 45.1 Å². The highest BCUT2D eigenvalue weighted by molar-refractivity contribution is 5.87. The zero-order valence-electron chi connectivity index (χ0n) is 19.0. The first kappa shape index (κ1) is 18.6. The van der Waals surface area contributed by atoms with E-state index in [0.29, 0.717) is 0 Å². The number of nitrogens with one attached hydrogen (secondary N) is 2. The first-order valence-electron chi connectivity index (χ1n) is 12.4. The Bertz CT molecular complexity index is 1510. The molecule has 2 aromatic heterocycles. The number of aromatic nitrogens is 2. The topological polar surface area (TPSA) is 55.1 Å². The number of para-hydroxylation sites is 2. The van der Waals surface area contributed by atoms with Gasteiger partial charge in [0.2, 0.25) is 0 Å². The van der Waals surface area contributed by atoms with Crippen LogP contribution in [0.4, 0.5) is 0 Å². The summed E-state index contributed by atoms with van der Waals surface area (Å²) in [6, 6.07) is 17.5. The summed E-state index contributed by atoms with van der Waals surface area (Å²) in [7, 11) is 2.23. The van der Waals surface area contributed by atoms with E-state index in [1.54, 1.807) is 5.57 Å². The summed E-state index contributed by atoms with van der Waals surface area (Å²) in [6.45, 7) is 1.05. The summed E-state index contributed by atoms with van der Waals surface area (Å²) < 4.78 is 0. The van der Waals surface area contributed by atoms with E-state index in [-0.39, 0.29) is 11.5 Å². The first-order chi connectivity index (χ1) is 16.1. The Labute approximate surface area is 193 Å². The van der Waals surface area contributed by atoms with E-state index >= 15 is 0 Å². The maximum atomic E-state index is 12.7. The molecule has 3 heterocycles. The Kier molecular flexibility index (Phi) is 3.38. The number of hydrogen-bond acceptors (Lipinski definition) is 2. The van der Waals surface area contributed by atoms with Crippen LogP contribution in [0.1, 0.15) is 35.4 Å². The third-order valence-electron chi connectivity index (χ3n) is 9.72. The second-order valence-corrected chi connectivity index (χ2v) is 11.0. The van der Waals surface area contributed by atoms with Gasteiger partial charge >= 0.3 is 0 Å². The standard InChI is InChI=1S/C29H29N3O/c1-32-11-10-28-16-26-21(19-7-3-5-9-24(19)31-26)15-29(28,33)27(32)13-17-12-20-18-6-2-4-8-23(18)30-25(20)14-22(17)28/h2-9,27,30-31,33H,10-16H2,1H3/t27-,28-,29-/m1/s1. The third kappa shape index (κ3) is 2.15. The second kappa shape index (κ2) is 5.99. The predicted octanol–water partition coefficient (Wildman–Crippen LogP) is 4.67. The van der Waals surface area contributed by atoms with Gasteiger partial charge in [-0.1, -0.05) is 47.5 Å². The largest absolute Gasteiger partial charge is 0.387 e. The number of nitrogens with zero attached hydrogens (tertiary/aromatic N) is 1. The fourth-order valence-corrected chi connectivity index (χ4v) is 8.14. The number of likely N-dealkylation sites (N-methyl/N-ethyl adjacent to an activating group) is 1. The van der Waals surface area contributed by atoms with Crippen molar-refractivity contribution >= 4 is 21.8 Å². The average Bonchev–Trinajstić information content (AvgIpc) is 3.36. The lowest BCUT2D eigenvalue weighted by molar-refractivity contribution is -0.166. The number of likely N-dealkylation sites (tertiary alicyclic amines) is 1. The first-order valence-corrected chi connectivity index (χ1v) is 12.4. The van der Waals surface area contributed by atoms with Crippen LogP contribution in [0.3, 0.4) is 0 Å². The highest BCUT2D eigenvalue weighted by atomic mass is 16.3. The molecule has 1 aliphatic heterocycles. The molecule has 166 valence electrons. The molecular formula is C29H29N3O. The monoisotopic (exact) mass is 435 g/mol. The minimum absolute atomic E-state index is 0.179. The lowest BCUT2D eigenvalue weighted by atomic mass is 9.48. The van der Waals surface area contributed by atoms with Crippen molar-refractivity contribution in [2.45, 2.75) is 50.2 Å². The maximum Gasteiger partial charge on any atom is 0.0943 e. The molecule has 2 bridgehead atoms. The van der Waals surface area contributed by atoms with Crippen LogP contribution in [0.25, 0.3) is 21.8 Å². The van der Waals surface area contributed by atoms with Crippen LogP contribution in [0, 0.1) is 5.41 Å². The molecule has 8 rings (SSSR count). The Balaban J connectivity index is 1.35. The van der Waals surface area contributed by atoms with Crippen LogP contribution in [-0.4, -0.2) is 45.2 Å². The van der Waals surface area contributed by atoms with E-state index in [9.17, 15) is 5.11 Å². The lowest BCUT2D eigenvalue weighted by Gasteiger charge is -2.64. The number of rotatable bonds is 0. The predicted molar refractivity (Wildman–Crippen MR) is 131 cm³/mol. The van der Waals surface area contributed by atoms with E-state index < -0.39 is 5.60 Å². The molecule has 3 aliphatic carbocycles. The number of fused-ring (bicyclic) bond motifs is 6. The van der Waals surface area contributed by atoms with Crippen LogP contribution in [0.15, 0.2) is 59.7 Å². The van der Waals surface area contributed by atoms with Crippen molar-refractivity contribution in [3.05, 3.63) is 82.2 Å². The summed E-state index contributed by atoms with van der Waals surface area (Å²) in [6.07, 6.45) is 5.66. The Morgan fingerprint density at radius 1 is 0.879 bits per heavy atom. The Morgan fingerprint density at radius 2 is 1.58 bits per heavy atom. The van der Waals surface area contributed by atoms with Gasteiger partial charge in [0.05, 0.1) is 5.60 Å². The smallest absolute Gasteiger partial charge is 0.0943 e. The molecule has 2 aromatic carbocycles. The van der Waals surface area contributed by atoms with E-state index in [4.69, 9.17) is 0 Å². The summed E-state index contributed by atoms with van der Waals surface area (Å²) >= 11 is 0. The average molecular weight is 436 g/mol. The van der Waals surface area contributed by atoms with E-state index in [1.807, 2.05) is 0 Å². The minimum atomic E-state index is -0.722. The molecule has 3 atom stereocenters.